The third kappa shape index (κ3) is 4.42. The fourth-order valence-corrected chi connectivity index (χ4v) is 4.92. The molecule has 30 heavy (non-hydrogen) atoms. The molecule has 0 amide bonds. The van der Waals surface area contributed by atoms with Gasteiger partial charge < -0.3 is 9.47 Å². The maximum absolute atomic E-state index is 13.7. The van der Waals surface area contributed by atoms with Crippen LogP contribution in [0.4, 0.5) is 5.69 Å². The van der Waals surface area contributed by atoms with Gasteiger partial charge in [0.2, 0.25) is 0 Å². The third-order valence-corrected chi connectivity index (χ3v) is 6.68. The number of halogens is 1. The van der Waals surface area contributed by atoms with E-state index in [0.29, 0.717) is 11.4 Å². The molecular weight excluding hydrogens is 426 g/mol. The summed E-state index contributed by atoms with van der Waals surface area (Å²) < 4.78 is 38.8. The number of rotatable bonds is 7. The molecule has 0 atom stereocenters. The fourth-order valence-electron chi connectivity index (χ4n) is 2.95. The smallest absolute Gasteiger partial charge is 0.337 e. The van der Waals surface area contributed by atoms with Gasteiger partial charge in [0, 0.05) is 0 Å². The Morgan fingerprint density at radius 1 is 0.967 bits per heavy atom. The SMILES string of the molecule is COC(=O)c1ccc(Cl)c(S(=O)(=O)N(Cc2ccccc2)c2ccccc2OC)c1. The van der Waals surface area contributed by atoms with E-state index in [2.05, 4.69) is 0 Å². The summed E-state index contributed by atoms with van der Waals surface area (Å²) in [5.74, 6) is -0.271. The molecule has 0 spiro atoms. The summed E-state index contributed by atoms with van der Waals surface area (Å²) >= 11 is 6.25. The molecule has 0 unspecified atom stereocenters. The number of hydrogen-bond donors (Lipinski definition) is 0. The Balaban J connectivity index is 2.19. The zero-order valence-corrected chi connectivity index (χ0v) is 18.0. The summed E-state index contributed by atoms with van der Waals surface area (Å²) in [5.41, 5.74) is 1.20. The van der Waals surface area contributed by atoms with Gasteiger partial charge in [-0.1, -0.05) is 54.1 Å². The zero-order chi connectivity index (χ0) is 21.7. The van der Waals surface area contributed by atoms with Crippen LogP contribution in [0.1, 0.15) is 15.9 Å². The molecule has 3 aromatic carbocycles. The van der Waals surface area contributed by atoms with E-state index in [1.807, 2.05) is 30.3 Å². The number of sulfonamides is 1. The maximum Gasteiger partial charge on any atom is 0.337 e. The van der Waals surface area contributed by atoms with Crippen molar-refractivity contribution in [2.24, 2.45) is 0 Å². The molecule has 0 heterocycles. The number of esters is 1. The van der Waals surface area contributed by atoms with E-state index in [4.69, 9.17) is 21.1 Å². The maximum atomic E-state index is 13.7. The summed E-state index contributed by atoms with van der Waals surface area (Å²) in [6.07, 6.45) is 0. The Hall–Kier alpha value is -3.03. The number of carbonyl (C=O) groups is 1. The van der Waals surface area contributed by atoms with Gasteiger partial charge in [-0.25, -0.2) is 13.2 Å². The van der Waals surface area contributed by atoms with Crippen molar-refractivity contribution < 1.29 is 22.7 Å². The van der Waals surface area contributed by atoms with Crippen LogP contribution in [0.5, 0.6) is 5.75 Å². The second kappa shape index (κ2) is 9.19. The zero-order valence-electron chi connectivity index (χ0n) is 16.4. The highest BCUT2D eigenvalue weighted by molar-refractivity contribution is 7.93. The van der Waals surface area contributed by atoms with Crippen molar-refractivity contribution in [1.29, 1.82) is 0 Å². The average Bonchev–Trinajstić information content (AvgIpc) is 2.77. The molecule has 3 aromatic rings. The Labute approximate surface area is 180 Å². The van der Waals surface area contributed by atoms with Gasteiger partial charge in [-0.05, 0) is 35.9 Å². The Morgan fingerprint density at radius 3 is 2.30 bits per heavy atom. The van der Waals surface area contributed by atoms with Gasteiger partial charge in [0.15, 0.2) is 0 Å². The molecule has 0 bridgehead atoms. The van der Waals surface area contributed by atoms with Gasteiger partial charge in [0.25, 0.3) is 10.0 Å². The molecule has 8 heteroatoms. The van der Waals surface area contributed by atoms with Crippen molar-refractivity contribution in [2.45, 2.75) is 11.4 Å². The fraction of sp³-hybridized carbons (Fsp3) is 0.136. The van der Waals surface area contributed by atoms with Crippen LogP contribution in [0.15, 0.2) is 77.7 Å². The van der Waals surface area contributed by atoms with Crippen LogP contribution in [0.3, 0.4) is 0 Å². The first-order valence-corrected chi connectivity index (χ1v) is 10.8. The van der Waals surface area contributed by atoms with Crippen molar-refractivity contribution in [1.82, 2.24) is 0 Å². The van der Waals surface area contributed by atoms with Crippen LogP contribution < -0.4 is 9.04 Å². The summed E-state index contributed by atoms with van der Waals surface area (Å²) in [6, 6.07) is 19.9. The topological polar surface area (TPSA) is 72.9 Å². The van der Waals surface area contributed by atoms with Crippen molar-refractivity contribution >= 4 is 33.3 Å². The third-order valence-electron chi connectivity index (χ3n) is 4.44. The summed E-state index contributed by atoms with van der Waals surface area (Å²) in [5, 5.41) is -0.00406. The summed E-state index contributed by atoms with van der Waals surface area (Å²) in [6.45, 7) is 0.0440. The first kappa shape index (κ1) is 21.7. The van der Waals surface area contributed by atoms with Gasteiger partial charge in [0.05, 0.1) is 37.0 Å². The highest BCUT2D eigenvalue weighted by Gasteiger charge is 2.30. The second-order valence-corrected chi connectivity index (χ2v) is 8.54. The highest BCUT2D eigenvalue weighted by Crippen LogP contribution is 2.35. The number of nitrogens with zero attached hydrogens (tertiary/aromatic N) is 1. The number of carbonyl (C=O) groups excluding carboxylic acids is 1. The van der Waals surface area contributed by atoms with Crippen LogP contribution in [0.25, 0.3) is 0 Å². The Morgan fingerprint density at radius 2 is 1.63 bits per heavy atom. The molecule has 0 N–H and O–H groups in total. The summed E-state index contributed by atoms with van der Waals surface area (Å²) in [4.78, 5) is 11.7. The molecule has 3 rings (SSSR count). The number of hydrogen-bond acceptors (Lipinski definition) is 5. The number of anilines is 1. The van der Waals surface area contributed by atoms with Gasteiger partial charge in [-0.2, -0.15) is 0 Å². The molecule has 6 nitrogen and oxygen atoms in total. The second-order valence-electron chi connectivity index (χ2n) is 6.31. The van der Waals surface area contributed by atoms with Crippen LogP contribution in [0, 0.1) is 0 Å². The molecular formula is C22H20ClNO5S. The van der Waals surface area contributed by atoms with E-state index < -0.39 is 16.0 Å². The highest BCUT2D eigenvalue weighted by atomic mass is 35.5. The molecule has 0 saturated heterocycles. The van der Waals surface area contributed by atoms with Crippen molar-refractivity contribution in [3.8, 4) is 5.75 Å². The summed E-state index contributed by atoms with van der Waals surface area (Å²) in [7, 11) is -1.47. The number of methoxy groups -OCH3 is 2. The van der Waals surface area contributed by atoms with E-state index in [0.717, 1.165) is 5.56 Å². The Kier molecular flexibility index (Phi) is 6.64. The minimum absolute atomic E-state index is 0.00406. The number of para-hydroxylation sites is 2. The molecule has 156 valence electrons. The minimum atomic E-state index is -4.17. The van der Waals surface area contributed by atoms with Crippen molar-refractivity contribution in [3.63, 3.8) is 0 Å². The molecule has 0 aliphatic carbocycles. The van der Waals surface area contributed by atoms with E-state index in [-0.39, 0.29) is 22.0 Å². The first-order chi connectivity index (χ1) is 14.4. The number of ether oxygens (including phenoxy) is 2. The molecule has 0 fully saturated rings. The van der Waals surface area contributed by atoms with Crippen molar-refractivity contribution in [3.05, 3.63) is 88.9 Å². The van der Waals surface area contributed by atoms with E-state index in [1.165, 1.54) is 36.7 Å². The van der Waals surface area contributed by atoms with Crippen LogP contribution in [-0.4, -0.2) is 28.6 Å². The van der Waals surface area contributed by atoms with Gasteiger partial charge in [-0.3, -0.25) is 4.31 Å². The molecule has 0 saturated carbocycles. The van der Waals surface area contributed by atoms with Crippen molar-refractivity contribution in [2.75, 3.05) is 18.5 Å². The molecule has 0 aromatic heterocycles. The first-order valence-electron chi connectivity index (χ1n) is 8.96. The lowest BCUT2D eigenvalue weighted by molar-refractivity contribution is 0.0600. The van der Waals surface area contributed by atoms with Gasteiger partial charge in [-0.15, -0.1) is 0 Å². The lowest BCUT2D eigenvalue weighted by Gasteiger charge is -2.26. The number of benzene rings is 3. The van der Waals surface area contributed by atoms with Gasteiger partial charge >= 0.3 is 5.97 Å². The molecule has 0 aliphatic rings. The standard InChI is InChI=1S/C22H20ClNO5S/c1-28-20-11-7-6-10-19(20)24(15-16-8-4-3-5-9-16)30(26,27)21-14-17(22(25)29-2)12-13-18(21)23/h3-14H,15H2,1-2H3. The lowest BCUT2D eigenvalue weighted by Crippen LogP contribution is -2.31. The van der Waals surface area contributed by atoms with Gasteiger partial charge in [0.1, 0.15) is 10.6 Å². The predicted molar refractivity (Wildman–Crippen MR) is 116 cm³/mol. The van der Waals surface area contributed by atoms with E-state index in [1.54, 1.807) is 24.3 Å². The van der Waals surface area contributed by atoms with E-state index >= 15 is 0 Å². The predicted octanol–water partition coefficient (Wildman–Crippen LogP) is 4.53. The molecule has 0 aliphatic heterocycles. The van der Waals surface area contributed by atoms with Crippen LogP contribution >= 0.6 is 11.6 Å². The molecule has 0 radical (unpaired) electrons. The Bertz CT molecular complexity index is 1150. The largest absolute Gasteiger partial charge is 0.495 e. The minimum Gasteiger partial charge on any atom is -0.495 e. The lowest BCUT2D eigenvalue weighted by atomic mass is 10.2. The monoisotopic (exact) mass is 445 g/mol. The van der Waals surface area contributed by atoms with Crippen LogP contribution in [0.2, 0.25) is 5.02 Å². The van der Waals surface area contributed by atoms with E-state index in [9.17, 15) is 13.2 Å². The average molecular weight is 446 g/mol. The normalized spacial score (nSPS) is 11.0. The quantitative estimate of drug-likeness (QED) is 0.499. The van der Waals surface area contributed by atoms with Crippen LogP contribution in [-0.2, 0) is 21.3 Å².